The second-order valence-electron chi connectivity index (χ2n) is 5.81. The standard InChI is InChI=1S/C18H19NO7/c1-10-13(11(2)26-19-10)9-24-14-5-4-12(8-16(14)22-3)17(20)25-15-6-7-23-18(15)21/h4-5,8,15H,6-7,9H2,1-3H3/t15-/m0/s1. The maximum atomic E-state index is 12.2. The van der Waals surface area contributed by atoms with Crippen molar-refractivity contribution in [3.63, 3.8) is 0 Å². The molecule has 138 valence electrons. The smallest absolute Gasteiger partial charge is 0.347 e. The van der Waals surface area contributed by atoms with E-state index in [1.165, 1.54) is 13.2 Å². The van der Waals surface area contributed by atoms with Crippen LogP contribution in [-0.4, -0.2) is 36.9 Å². The summed E-state index contributed by atoms with van der Waals surface area (Å²) in [6.45, 7) is 4.16. The van der Waals surface area contributed by atoms with E-state index >= 15 is 0 Å². The molecule has 8 heteroatoms. The second-order valence-corrected chi connectivity index (χ2v) is 5.81. The lowest BCUT2D eigenvalue weighted by Gasteiger charge is -2.13. The molecule has 1 aromatic carbocycles. The monoisotopic (exact) mass is 361 g/mol. The highest BCUT2D eigenvalue weighted by molar-refractivity contribution is 5.92. The van der Waals surface area contributed by atoms with E-state index in [4.69, 9.17) is 23.5 Å². The summed E-state index contributed by atoms with van der Waals surface area (Å²) in [4.78, 5) is 23.6. The Morgan fingerprint density at radius 3 is 2.73 bits per heavy atom. The number of hydrogen-bond acceptors (Lipinski definition) is 8. The van der Waals surface area contributed by atoms with Gasteiger partial charge in [-0.2, -0.15) is 0 Å². The van der Waals surface area contributed by atoms with Gasteiger partial charge in [0.1, 0.15) is 12.4 Å². The second kappa shape index (κ2) is 7.47. The van der Waals surface area contributed by atoms with Gasteiger partial charge >= 0.3 is 11.9 Å². The third kappa shape index (κ3) is 3.63. The molecule has 0 amide bonds. The molecule has 0 bridgehead atoms. The minimum Gasteiger partial charge on any atom is -0.493 e. The largest absolute Gasteiger partial charge is 0.493 e. The molecule has 1 aromatic heterocycles. The number of hydrogen-bond donors (Lipinski definition) is 0. The van der Waals surface area contributed by atoms with E-state index in [9.17, 15) is 9.59 Å². The number of nitrogens with zero attached hydrogens (tertiary/aromatic N) is 1. The van der Waals surface area contributed by atoms with Gasteiger partial charge in [0.25, 0.3) is 0 Å². The Morgan fingerprint density at radius 1 is 1.31 bits per heavy atom. The van der Waals surface area contributed by atoms with Crippen LogP contribution in [0.5, 0.6) is 11.5 Å². The summed E-state index contributed by atoms with van der Waals surface area (Å²) in [5, 5.41) is 3.88. The van der Waals surface area contributed by atoms with Crippen LogP contribution in [0, 0.1) is 13.8 Å². The van der Waals surface area contributed by atoms with E-state index in [0.29, 0.717) is 23.7 Å². The Balaban J connectivity index is 1.71. The van der Waals surface area contributed by atoms with Gasteiger partial charge in [0.05, 0.1) is 30.5 Å². The number of cyclic esters (lactones) is 1. The summed E-state index contributed by atoms with van der Waals surface area (Å²) in [6.07, 6.45) is -0.496. The molecule has 1 fully saturated rings. The number of aryl methyl sites for hydroxylation is 2. The molecule has 1 aliphatic rings. The van der Waals surface area contributed by atoms with Crippen molar-refractivity contribution < 1.29 is 33.1 Å². The molecule has 0 saturated carbocycles. The van der Waals surface area contributed by atoms with Crippen molar-refractivity contribution in [3.8, 4) is 11.5 Å². The fraction of sp³-hybridized carbons (Fsp3) is 0.389. The van der Waals surface area contributed by atoms with E-state index < -0.39 is 18.0 Å². The fourth-order valence-corrected chi connectivity index (χ4v) is 2.55. The topological polar surface area (TPSA) is 97.1 Å². The lowest BCUT2D eigenvalue weighted by molar-refractivity contribution is -0.145. The molecule has 1 aliphatic heterocycles. The van der Waals surface area contributed by atoms with Crippen LogP contribution >= 0.6 is 0 Å². The molecule has 0 unspecified atom stereocenters. The first-order valence-electron chi connectivity index (χ1n) is 8.09. The maximum Gasteiger partial charge on any atom is 0.347 e. The normalized spacial score (nSPS) is 16.3. The summed E-state index contributed by atoms with van der Waals surface area (Å²) in [6, 6.07) is 4.67. The van der Waals surface area contributed by atoms with Crippen molar-refractivity contribution in [2.24, 2.45) is 0 Å². The molecule has 8 nitrogen and oxygen atoms in total. The van der Waals surface area contributed by atoms with Crippen molar-refractivity contribution in [3.05, 3.63) is 40.8 Å². The van der Waals surface area contributed by atoms with Crippen LogP contribution in [0.25, 0.3) is 0 Å². The van der Waals surface area contributed by atoms with Gasteiger partial charge in [-0.1, -0.05) is 5.16 Å². The lowest BCUT2D eigenvalue weighted by Crippen LogP contribution is -2.22. The third-order valence-corrected chi connectivity index (χ3v) is 4.09. The summed E-state index contributed by atoms with van der Waals surface area (Å²) in [5.74, 6) is 0.379. The van der Waals surface area contributed by atoms with E-state index in [0.717, 1.165) is 11.3 Å². The number of carbonyl (C=O) groups excluding carboxylic acids is 2. The molecule has 0 N–H and O–H groups in total. The van der Waals surface area contributed by atoms with Gasteiger partial charge in [0.2, 0.25) is 6.10 Å². The van der Waals surface area contributed by atoms with Crippen molar-refractivity contribution in [1.82, 2.24) is 5.16 Å². The molecular formula is C18H19NO7. The number of rotatable bonds is 6. The number of carbonyl (C=O) groups is 2. The molecule has 2 aromatic rings. The Labute approximate surface area is 150 Å². The van der Waals surface area contributed by atoms with Gasteiger partial charge in [-0.25, -0.2) is 9.59 Å². The minimum atomic E-state index is -0.857. The molecule has 26 heavy (non-hydrogen) atoms. The quantitative estimate of drug-likeness (QED) is 0.723. The zero-order valence-corrected chi connectivity index (χ0v) is 14.7. The van der Waals surface area contributed by atoms with Crippen molar-refractivity contribution in [2.75, 3.05) is 13.7 Å². The number of benzene rings is 1. The summed E-state index contributed by atoms with van der Waals surface area (Å²) in [5.41, 5.74) is 1.87. The van der Waals surface area contributed by atoms with Gasteiger partial charge < -0.3 is 23.5 Å². The van der Waals surface area contributed by atoms with Gasteiger partial charge in [-0.15, -0.1) is 0 Å². The highest BCUT2D eigenvalue weighted by Crippen LogP contribution is 2.30. The number of esters is 2. The Bertz CT molecular complexity index is 807. The van der Waals surface area contributed by atoms with Crippen LogP contribution in [0.15, 0.2) is 22.7 Å². The molecule has 1 atom stereocenters. The van der Waals surface area contributed by atoms with Crippen LogP contribution < -0.4 is 9.47 Å². The molecule has 0 spiro atoms. The van der Waals surface area contributed by atoms with Gasteiger partial charge in [-0.05, 0) is 32.0 Å². The lowest BCUT2D eigenvalue weighted by atomic mass is 10.2. The Hall–Kier alpha value is -3.03. The Morgan fingerprint density at radius 2 is 2.12 bits per heavy atom. The van der Waals surface area contributed by atoms with Gasteiger partial charge in [0.15, 0.2) is 11.5 Å². The average molecular weight is 361 g/mol. The van der Waals surface area contributed by atoms with E-state index in [2.05, 4.69) is 5.16 Å². The molecule has 2 heterocycles. The fourth-order valence-electron chi connectivity index (χ4n) is 2.55. The predicted octanol–water partition coefficient (Wildman–Crippen LogP) is 2.35. The van der Waals surface area contributed by atoms with Gasteiger partial charge in [0, 0.05) is 6.42 Å². The van der Waals surface area contributed by atoms with Gasteiger partial charge in [-0.3, -0.25) is 0 Å². The highest BCUT2D eigenvalue weighted by atomic mass is 16.6. The molecule has 0 aliphatic carbocycles. The molecule has 0 radical (unpaired) electrons. The van der Waals surface area contributed by atoms with E-state index in [-0.39, 0.29) is 18.8 Å². The summed E-state index contributed by atoms with van der Waals surface area (Å²) in [7, 11) is 1.47. The Kier molecular flexibility index (Phi) is 5.11. The third-order valence-electron chi connectivity index (χ3n) is 4.09. The number of ether oxygens (including phenoxy) is 4. The molecule has 1 saturated heterocycles. The SMILES string of the molecule is COc1cc(C(=O)O[C@H]2CCOC2=O)ccc1OCc1c(C)noc1C. The van der Waals surface area contributed by atoms with Crippen LogP contribution in [-0.2, 0) is 20.9 Å². The van der Waals surface area contributed by atoms with E-state index in [1.807, 2.05) is 13.8 Å². The maximum absolute atomic E-state index is 12.2. The average Bonchev–Trinajstić information content (AvgIpc) is 3.18. The summed E-state index contributed by atoms with van der Waals surface area (Å²) >= 11 is 0. The number of aromatic nitrogens is 1. The zero-order valence-electron chi connectivity index (χ0n) is 14.7. The van der Waals surface area contributed by atoms with Crippen LogP contribution in [0.2, 0.25) is 0 Å². The van der Waals surface area contributed by atoms with Crippen LogP contribution in [0.3, 0.4) is 0 Å². The zero-order chi connectivity index (χ0) is 18.7. The first-order valence-corrected chi connectivity index (χ1v) is 8.09. The summed E-state index contributed by atoms with van der Waals surface area (Å²) < 4.78 is 26.1. The van der Waals surface area contributed by atoms with Crippen molar-refractivity contribution in [1.29, 1.82) is 0 Å². The van der Waals surface area contributed by atoms with Crippen LogP contribution in [0.1, 0.15) is 33.8 Å². The van der Waals surface area contributed by atoms with Crippen molar-refractivity contribution >= 4 is 11.9 Å². The first-order chi connectivity index (χ1) is 12.5. The molecular weight excluding hydrogens is 342 g/mol. The molecule has 3 rings (SSSR count). The van der Waals surface area contributed by atoms with Crippen molar-refractivity contribution in [2.45, 2.75) is 33.0 Å². The highest BCUT2D eigenvalue weighted by Gasteiger charge is 2.30. The first kappa shape index (κ1) is 17.8. The minimum absolute atomic E-state index is 0.256. The van der Waals surface area contributed by atoms with Crippen LogP contribution in [0.4, 0.5) is 0 Å². The predicted molar refractivity (Wildman–Crippen MR) is 88.1 cm³/mol. The number of methoxy groups -OCH3 is 1. The van der Waals surface area contributed by atoms with E-state index in [1.54, 1.807) is 12.1 Å².